The number of benzene rings is 1. The maximum atomic E-state index is 11.6. The van der Waals surface area contributed by atoms with Gasteiger partial charge >= 0.3 is 0 Å². The third-order valence-corrected chi connectivity index (χ3v) is 2.86. The fourth-order valence-corrected chi connectivity index (χ4v) is 1.76. The minimum absolute atomic E-state index is 0.201. The smallest absolute Gasteiger partial charge is 0.247 e. The highest BCUT2D eigenvalue weighted by Crippen LogP contribution is 2.30. The first-order chi connectivity index (χ1) is 8.00. The van der Waals surface area contributed by atoms with Crippen LogP contribution in [0.2, 0.25) is 0 Å². The average molecular weight is 233 g/mol. The molecule has 3 N–H and O–H groups in total. The highest BCUT2D eigenvalue weighted by Gasteiger charge is 2.35. The quantitative estimate of drug-likeness (QED) is 0.820. The number of nitrogens with two attached hydrogens (primary N) is 1. The summed E-state index contributed by atoms with van der Waals surface area (Å²) in [5.74, 6) is -0.739. The maximum absolute atomic E-state index is 11.6. The van der Waals surface area contributed by atoms with E-state index in [0.29, 0.717) is 11.5 Å². The molecular formula is C13H15NO3. The lowest BCUT2D eigenvalue weighted by atomic mass is 9.99. The molecule has 0 bridgehead atoms. The van der Waals surface area contributed by atoms with Crippen LogP contribution in [-0.2, 0) is 9.53 Å². The number of rotatable bonds is 2. The Morgan fingerprint density at radius 3 is 2.29 bits per heavy atom. The van der Waals surface area contributed by atoms with Gasteiger partial charge in [0, 0.05) is 5.56 Å². The monoisotopic (exact) mass is 233 g/mol. The summed E-state index contributed by atoms with van der Waals surface area (Å²) in [6, 6.07) is 7.54. The fraction of sp³-hybridized carbons (Fsp3) is 0.308. The van der Waals surface area contributed by atoms with Crippen LogP contribution in [0.4, 0.5) is 0 Å². The van der Waals surface area contributed by atoms with Gasteiger partial charge in [-0.1, -0.05) is 38.1 Å². The fourth-order valence-electron chi connectivity index (χ4n) is 1.76. The Labute approximate surface area is 99.7 Å². The third kappa shape index (κ3) is 1.98. The van der Waals surface area contributed by atoms with E-state index in [9.17, 15) is 9.90 Å². The number of aliphatic hydroxyl groups excluding tert-OH is 1. The number of carbonyl (C=O) groups excluding carboxylic acids is 1. The zero-order valence-electron chi connectivity index (χ0n) is 9.81. The summed E-state index contributed by atoms with van der Waals surface area (Å²) in [6.45, 7) is 4.19. The summed E-state index contributed by atoms with van der Waals surface area (Å²) in [4.78, 5) is 11.6. The van der Waals surface area contributed by atoms with Crippen molar-refractivity contribution in [2.24, 2.45) is 5.73 Å². The number of hydrogen-bond donors (Lipinski definition) is 2. The lowest BCUT2D eigenvalue weighted by Gasteiger charge is -2.11. The second-order valence-electron chi connectivity index (χ2n) is 4.40. The number of carbonyl (C=O) groups is 1. The topological polar surface area (TPSA) is 72.6 Å². The molecule has 1 aliphatic rings. The Hall–Kier alpha value is -1.97. The Balaban J connectivity index is 2.23. The Morgan fingerprint density at radius 2 is 1.88 bits per heavy atom. The van der Waals surface area contributed by atoms with Crippen LogP contribution in [0, 0.1) is 0 Å². The highest BCUT2D eigenvalue weighted by molar-refractivity contribution is 5.99. The molecule has 4 heteroatoms. The van der Waals surface area contributed by atoms with Crippen molar-refractivity contribution in [2.75, 3.05) is 0 Å². The molecule has 1 aliphatic heterocycles. The molecule has 0 radical (unpaired) electrons. The van der Waals surface area contributed by atoms with E-state index in [4.69, 9.17) is 10.5 Å². The Morgan fingerprint density at radius 1 is 1.29 bits per heavy atom. The summed E-state index contributed by atoms with van der Waals surface area (Å²) >= 11 is 0. The summed E-state index contributed by atoms with van der Waals surface area (Å²) in [5, 5.41) is 9.32. The molecule has 4 nitrogen and oxygen atoms in total. The van der Waals surface area contributed by atoms with E-state index in [0.717, 1.165) is 0 Å². The molecule has 0 aromatic heterocycles. The van der Waals surface area contributed by atoms with E-state index in [1.165, 1.54) is 5.56 Å². The molecule has 17 heavy (non-hydrogen) atoms. The molecule has 1 aromatic rings. The van der Waals surface area contributed by atoms with E-state index in [1.54, 1.807) is 0 Å². The molecule has 1 atom stereocenters. The van der Waals surface area contributed by atoms with Crippen LogP contribution >= 0.6 is 0 Å². The van der Waals surface area contributed by atoms with Crippen molar-refractivity contribution in [3.05, 3.63) is 47.0 Å². The first kappa shape index (κ1) is 11.5. The van der Waals surface area contributed by atoms with Crippen molar-refractivity contribution in [1.82, 2.24) is 0 Å². The van der Waals surface area contributed by atoms with Crippen molar-refractivity contribution in [3.63, 3.8) is 0 Å². The number of hydrogen-bond acceptors (Lipinski definition) is 4. The normalized spacial score (nSPS) is 19.9. The van der Waals surface area contributed by atoms with Crippen molar-refractivity contribution in [1.29, 1.82) is 0 Å². The summed E-state index contributed by atoms with van der Waals surface area (Å²) in [6.07, 6.45) is -0.809. The van der Waals surface area contributed by atoms with Crippen LogP contribution in [0.25, 0.3) is 0 Å². The molecule has 0 fully saturated rings. The second-order valence-corrected chi connectivity index (χ2v) is 4.40. The molecule has 90 valence electrons. The lowest BCUT2D eigenvalue weighted by Crippen LogP contribution is -2.09. The average Bonchev–Trinajstić information content (AvgIpc) is 2.57. The number of Topliss-reactive ketones (excluding diaryl/α,β-unsaturated/α-hetero) is 1. The van der Waals surface area contributed by atoms with E-state index in [1.807, 2.05) is 24.3 Å². The second kappa shape index (κ2) is 4.13. The number of ketones is 1. The van der Waals surface area contributed by atoms with Gasteiger partial charge in [-0.15, -0.1) is 0 Å². The minimum Gasteiger partial charge on any atom is -0.501 e. The Bertz CT molecular complexity index is 474. The van der Waals surface area contributed by atoms with Gasteiger partial charge in [0.25, 0.3) is 0 Å². The standard InChI is InChI=1S/C13H15NO3/c1-7(2)8-3-5-9(6-4-8)12-10(15)11(16)13(14)17-12/h3-7,12,16H,14H2,1-2H3/t12-/m1/s1. The van der Waals surface area contributed by atoms with E-state index in [-0.39, 0.29) is 5.88 Å². The molecular weight excluding hydrogens is 218 g/mol. The van der Waals surface area contributed by atoms with Gasteiger partial charge in [0.1, 0.15) is 0 Å². The molecule has 0 saturated carbocycles. The van der Waals surface area contributed by atoms with Crippen molar-refractivity contribution < 1.29 is 14.6 Å². The Kier molecular flexibility index (Phi) is 2.79. The van der Waals surface area contributed by atoms with Gasteiger partial charge in [0.15, 0.2) is 6.10 Å². The molecule has 0 unspecified atom stereocenters. The largest absolute Gasteiger partial charge is 0.501 e. The van der Waals surface area contributed by atoms with Gasteiger partial charge in [-0.25, -0.2) is 0 Å². The van der Waals surface area contributed by atoms with Crippen LogP contribution in [-0.4, -0.2) is 10.9 Å². The van der Waals surface area contributed by atoms with E-state index in [2.05, 4.69) is 13.8 Å². The van der Waals surface area contributed by atoms with Crippen LogP contribution in [0.1, 0.15) is 37.0 Å². The molecule has 0 aliphatic carbocycles. The minimum atomic E-state index is -0.809. The zero-order chi connectivity index (χ0) is 12.6. The van der Waals surface area contributed by atoms with Crippen molar-refractivity contribution in [2.45, 2.75) is 25.9 Å². The van der Waals surface area contributed by atoms with Crippen LogP contribution in [0.15, 0.2) is 35.9 Å². The van der Waals surface area contributed by atoms with Crippen molar-refractivity contribution >= 4 is 5.78 Å². The van der Waals surface area contributed by atoms with Crippen LogP contribution in [0.5, 0.6) is 0 Å². The van der Waals surface area contributed by atoms with Gasteiger partial charge in [-0.05, 0) is 11.5 Å². The molecule has 2 rings (SSSR count). The molecule has 0 saturated heterocycles. The number of aliphatic hydroxyl groups is 1. The van der Waals surface area contributed by atoms with Gasteiger partial charge in [0.2, 0.25) is 17.4 Å². The SMILES string of the molecule is CC(C)c1ccc([C@H]2OC(N)=C(O)C2=O)cc1. The molecule has 0 amide bonds. The number of ether oxygens (including phenoxy) is 1. The lowest BCUT2D eigenvalue weighted by molar-refractivity contribution is -0.123. The summed E-state index contributed by atoms with van der Waals surface area (Å²) < 4.78 is 5.13. The first-order valence-electron chi connectivity index (χ1n) is 5.50. The molecule has 1 heterocycles. The molecule has 0 spiro atoms. The van der Waals surface area contributed by atoms with Gasteiger partial charge < -0.3 is 15.6 Å². The van der Waals surface area contributed by atoms with Crippen LogP contribution in [0.3, 0.4) is 0 Å². The van der Waals surface area contributed by atoms with Gasteiger partial charge in [0.05, 0.1) is 0 Å². The van der Waals surface area contributed by atoms with Gasteiger partial charge in [-0.2, -0.15) is 0 Å². The van der Waals surface area contributed by atoms with Gasteiger partial charge in [-0.3, -0.25) is 4.79 Å². The zero-order valence-corrected chi connectivity index (χ0v) is 9.81. The molecule has 1 aromatic carbocycles. The predicted molar refractivity (Wildman–Crippen MR) is 63.2 cm³/mol. The third-order valence-electron chi connectivity index (χ3n) is 2.86. The van der Waals surface area contributed by atoms with Crippen LogP contribution < -0.4 is 5.73 Å². The first-order valence-corrected chi connectivity index (χ1v) is 5.50. The highest BCUT2D eigenvalue weighted by atomic mass is 16.5. The summed E-state index contributed by atoms with van der Waals surface area (Å²) in [7, 11) is 0. The van der Waals surface area contributed by atoms with E-state index < -0.39 is 17.6 Å². The predicted octanol–water partition coefficient (Wildman–Crippen LogP) is 2.14. The van der Waals surface area contributed by atoms with Crippen molar-refractivity contribution in [3.8, 4) is 0 Å². The summed E-state index contributed by atoms with van der Waals surface area (Å²) in [5.41, 5.74) is 7.25. The van der Waals surface area contributed by atoms with E-state index >= 15 is 0 Å². The maximum Gasteiger partial charge on any atom is 0.247 e.